The van der Waals surface area contributed by atoms with E-state index in [1.54, 1.807) is 19.1 Å². The average molecular weight is 466 g/mol. The standard InChI is InChI=1S/C24H35NO6S/c1-4-6-7-8-19-9-11-20(12-10-19)22(26)13-14-23(27)31-18(3)24(28)25(5-2)21-15-16-32(29,30)17-21/h9-12,18,21H,4-8,13-17H2,1-3H3. The lowest BCUT2D eigenvalue weighted by molar-refractivity contribution is -0.159. The number of carbonyl (C=O) groups excluding carboxylic acids is 3. The molecular formula is C24H35NO6S. The Hall–Kier alpha value is -2.22. The smallest absolute Gasteiger partial charge is 0.307 e. The maximum absolute atomic E-state index is 12.7. The molecule has 1 aromatic rings. The zero-order chi connectivity index (χ0) is 23.7. The van der Waals surface area contributed by atoms with Crippen LogP contribution in [-0.4, -0.2) is 61.2 Å². The first-order valence-electron chi connectivity index (χ1n) is 11.5. The summed E-state index contributed by atoms with van der Waals surface area (Å²) < 4.78 is 28.7. The van der Waals surface area contributed by atoms with Gasteiger partial charge in [-0.15, -0.1) is 0 Å². The van der Waals surface area contributed by atoms with E-state index in [0.29, 0.717) is 18.5 Å². The van der Waals surface area contributed by atoms with Crippen LogP contribution in [0.2, 0.25) is 0 Å². The van der Waals surface area contributed by atoms with Gasteiger partial charge in [-0.3, -0.25) is 14.4 Å². The third kappa shape index (κ3) is 7.73. The van der Waals surface area contributed by atoms with Crippen molar-refractivity contribution in [3.8, 4) is 0 Å². The highest BCUT2D eigenvalue weighted by atomic mass is 32.2. The molecule has 1 aromatic carbocycles. The zero-order valence-electron chi connectivity index (χ0n) is 19.3. The van der Waals surface area contributed by atoms with Crippen LogP contribution in [-0.2, 0) is 30.6 Å². The number of nitrogens with zero attached hydrogens (tertiary/aromatic N) is 1. The van der Waals surface area contributed by atoms with Crippen molar-refractivity contribution < 1.29 is 27.5 Å². The molecule has 8 heteroatoms. The molecule has 0 bridgehead atoms. The molecule has 0 spiro atoms. The second-order valence-electron chi connectivity index (χ2n) is 8.39. The van der Waals surface area contributed by atoms with E-state index in [0.717, 1.165) is 19.3 Å². The van der Waals surface area contributed by atoms with Crippen LogP contribution in [0.15, 0.2) is 24.3 Å². The van der Waals surface area contributed by atoms with Gasteiger partial charge < -0.3 is 9.64 Å². The number of amides is 1. The Balaban J connectivity index is 1.81. The fourth-order valence-electron chi connectivity index (χ4n) is 3.95. The molecule has 1 heterocycles. The molecule has 1 saturated heterocycles. The highest BCUT2D eigenvalue weighted by Crippen LogP contribution is 2.19. The molecule has 1 fully saturated rings. The van der Waals surface area contributed by atoms with E-state index in [1.807, 2.05) is 12.1 Å². The third-order valence-corrected chi connectivity index (χ3v) is 7.58. The molecule has 32 heavy (non-hydrogen) atoms. The van der Waals surface area contributed by atoms with E-state index in [2.05, 4.69) is 6.92 Å². The van der Waals surface area contributed by atoms with Crippen LogP contribution in [0, 0.1) is 0 Å². The molecule has 0 aliphatic carbocycles. The molecule has 0 saturated carbocycles. The largest absolute Gasteiger partial charge is 0.453 e. The van der Waals surface area contributed by atoms with Gasteiger partial charge in [0.2, 0.25) is 0 Å². The Kier molecular flexibility index (Phi) is 9.87. The molecule has 1 aliphatic heterocycles. The number of Topliss-reactive ketones (excluding diaryl/α,β-unsaturated/α-hetero) is 1. The quantitative estimate of drug-likeness (QED) is 0.267. The van der Waals surface area contributed by atoms with Crippen LogP contribution in [0.5, 0.6) is 0 Å². The van der Waals surface area contributed by atoms with E-state index < -0.39 is 27.8 Å². The Labute approximate surface area is 191 Å². The minimum atomic E-state index is -3.13. The zero-order valence-corrected chi connectivity index (χ0v) is 20.2. The second kappa shape index (κ2) is 12.1. The summed E-state index contributed by atoms with van der Waals surface area (Å²) in [4.78, 5) is 38.7. The van der Waals surface area contributed by atoms with Gasteiger partial charge in [0.25, 0.3) is 5.91 Å². The number of unbranched alkanes of at least 4 members (excludes halogenated alkanes) is 2. The molecule has 2 atom stereocenters. The summed E-state index contributed by atoms with van der Waals surface area (Å²) in [5.41, 5.74) is 1.75. The van der Waals surface area contributed by atoms with Crippen LogP contribution in [0.4, 0.5) is 0 Å². The van der Waals surface area contributed by atoms with Gasteiger partial charge in [-0.2, -0.15) is 0 Å². The first kappa shape index (κ1) is 26.0. The van der Waals surface area contributed by atoms with Crippen LogP contribution < -0.4 is 0 Å². The van der Waals surface area contributed by atoms with E-state index in [9.17, 15) is 22.8 Å². The molecule has 0 aromatic heterocycles. The number of likely N-dealkylation sites (N-methyl/N-ethyl adjacent to an activating group) is 1. The Bertz CT molecular complexity index is 894. The lowest BCUT2D eigenvalue weighted by Crippen LogP contribution is -2.46. The number of hydrogen-bond acceptors (Lipinski definition) is 6. The molecule has 1 aliphatic rings. The van der Waals surface area contributed by atoms with E-state index in [4.69, 9.17) is 4.74 Å². The monoisotopic (exact) mass is 465 g/mol. The van der Waals surface area contributed by atoms with Crippen molar-refractivity contribution >= 4 is 27.5 Å². The van der Waals surface area contributed by atoms with Gasteiger partial charge in [-0.05, 0) is 38.7 Å². The molecule has 1 amide bonds. The lowest BCUT2D eigenvalue weighted by Gasteiger charge is -2.29. The van der Waals surface area contributed by atoms with Crippen LogP contribution >= 0.6 is 0 Å². The maximum atomic E-state index is 12.7. The van der Waals surface area contributed by atoms with Crippen molar-refractivity contribution in [1.82, 2.24) is 4.90 Å². The number of sulfone groups is 1. The predicted octanol–water partition coefficient (Wildman–Crippen LogP) is 3.35. The molecule has 178 valence electrons. The number of benzene rings is 1. The Morgan fingerprint density at radius 1 is 1.09 bits per heavy atom. The summed E-state index contributed by atoms with van der Waals surface area (Å²) in [6.07, 6.45) is 3.72. The van der Waals surface area contributed by atoms with Crippen molar-refractivity contribution in [3.63, 3.8) is 0 Å². The van der Waals surface area contributed by atoms with Crippen molar-refractivity contribution in [2.75, 3.05) is 18.1 Å². The summed E-state index contributed by atoms with van der Waals surface area (Å²) in [5.74, 6) is -1.16. The average Bonchev–Trinajstić information content (AvgIpc) is 3.12. The Morgan fingerprint density at radius 3 is 2.34 bits per heavy atom. The number of ether oxygens (including phenoxy) is 1. The molecule has 2 rings (SSSR count). The van der Waals surface area contributed by atoms with E-state index in [1.165, 1.54) is 23.8 Å². The minimum Gasteiger partial charge on any atom is -0.453 e. The first-order chi connectivity index (χ1) is 15.2. The highest BCUT2D eigenvalue weighted by molar-refractivity contribution is 7.91. The van der Waals surface area contributed by atoms with Gasteiger partial charge in [0, 0.05) is 24.6 Å². The molecule has 0 radical (unpaired) electrons. The fraction of sp³-hybridized carbons (Fsp3) is 0.625. The number of carbonyl (C=O) groups is 3. The third-order valence-electron chi connectivity index (χ3n) is 5.83. The summed E-state index contributed by atoms with van der Waals surface area (Å²) >= 11 is 0. The van der Waals surface area contributed by atoms with Gasteiger partial charge in [0.05, 0.1) is 17.9 Å². The molecule has 2 unspecified atom stereocenters. The number of esters is 1. The van der Waals surface area contributed by atoms with Crippen molar-refractivity contribution in [2.24, 2.45) is 0 Å². The van der Waals surface area contributed by atoms with Crippen molar-refractivity contribution in [1.29, 1.82) is 0 Å². The number of aryl methyl sites for hydroxylation is 1. The van der Waals surface area contributed by atoms with Gasteiger partial charge in [0.1, 0.15) is 0 Å². The second-order valence-corrected chi connectivity index (χ2v) is 10.6. The summed E-state index contributed by atoms with van der Waals surface area (Å²) in [5, 5.41) is 0. The van der Waals surface area contributed by atoms with E-state index in [-0.39, 0.29) is 36.2 Å². The van der Waals surface area contributed by atoms with Gasteiger partial charge in [-0.25, -0.2) is 8.42 Å². The van der Waals surface area contributed by atoms with Gasteiger partial charge in [0.15, 0.2) is 21.7 Å². The number of ketones is 1. The number of rotatable bonds is 12. The summed E-state index contributed by atoms with van der Waals surface area (Å²) in [7, 11) is -3.13. The molecule has 7 nitrogen and oxygen atoms in total. The topological polar surface area (TPSA) is 97.8 Å². The minimum absolute atomic E-state index is 0.00723. The van der Waals surface area contributed by atoms with Crippen LogP contribution in [0.1, 0.15) is 75.2 Å². The SMILES string of the molecule is CCCCCc1ccc(C(=O)CCC(=O)OC(C)C(=O)N(CC)C2CCS(=O)(=O)C2)cc1. The summed E-state index contributed by atoms with van der Waals surface area (Å²) in [6, 6.07) is 7.09. The first-order valence-corrected chi connectivity index (χ1v) is 13.3. The van der Waals surface area contributed by atoms with Crippen LogP contribution in [0.25, 0.3) is 0 Å². The highest BCUT2D eigenvalue weighted by Gasteiger charge is 2.36. The van der Waals surface area contributed by atoms with Crippen LogP contribution in [0.3, 0.4) is 0 Å². The van der Waals surface area contributed by atoms with Gasteiger partial charge >= 0.3 is 5.97 Å². The van der Waals surface area contributed by atoms with Crippen molar-refractivity contribution in [2.45, 2.75) is 77.9 Å². The van der Waals surface area contributed by atoms with Gasteiger partial charge in [-0.1, -0.05) is 44.0 Å². The molecule has 0 N–H and O–H groups in total. The fourth-order valence-corrected chi connectivity index (χ4v) is 5.68. The van der Waals surface area contributed by atoms with E-state index >= 15 is 0 Å². The number of hydrogen-bond donors (Lipinski definition) is 0. The lowest BCUT2D eigenvalue weighted by atomic mass is 10.0. The predicted molar refractivity (Wildman–Crippen MR) is 123 cm³/mol. The van der Waals surface area contributed by atoms with Crippen molar-refractivity contribution in [3.05, 3.63) is 35.4 Å². The maximum Gasteiger partial charge on any atom is 0.307 e. The Morgan fingerprint density at radius 2 is 1.78 bits per heavy atom. The normalized spacial score (nSPS) is 18.2. The molecular weight excluding hydrogens is 430 g/mol. The summed E-state index contributed by atoms with van der Waals surface area (Å²) in [6.45, 7) is 5.75.